The van der Waals surface area contributed by atoms with E-state index in [1.807, 2.05) is 0 Å². The fraction of sp³-hybridized carbons (Fsp3) is 0.800. The van der Waals surface area contributed by atoms with Crippen LogP contribution in [0.15, 0.2) is 6.20 Å². The number of nitrogens with zero attached hydrogens (tertiary/aromatic N) is 3. The van der Waals surface area contributed by atoms with Crippen LogP contribution in [-0.4, -0.2) is 20.1 Å². The van der Waals surface area contributed by atoms with E-state index < -0.39 is 5.60 Å². The van der Waals surface area contributed by atoms with E-state index in [1.54, 1.807) is 13.2 Å². The van der Waals surface area contributed by atoms with E-state index in [9.17, 15) is 5.11 Å². The van der Waals surface area contributed by atoms with Crippen molar-refractivity contribution in [2.75, 3.05) is 0 Å². The summed E-state index contributed by atoms with van der Waals surface area (Å²) in [6.07, 6.45) is 5.71. The van der Waals surface area contributed by atoms with Crippen LogP contribution in [0, 0.1) is 5.92 Å². The van der Waals surface area contributed by atoms with Crippen LogP contribution >= 0.6 is 0 Å². The molecule has 1 aromatic heterocycles. The van der Waals surface area contributed by atoms with E-state index in [4.69, 9.17) is 0 Å². The summed E-state index contributed by atoms with van der Waals surface area (Å²) in [5.41, 5.74) is 0.0209. The van der Waals surface area contributed by atoms with Gasteiger partial charge in [-0.15, -0.1) is 0 Å². The second kappa shape index (κ2) is 3.35. The fourth-order valence-electron chi connectivity index (χ4n) is 2.48. The van der Waals surface area contributed by atoms with Crippen LogP contribution in [0.1, 0.15) is 38.3 Å². The standard InChI is InChI=1S/C10H17N3O/c1-3-8-5-4-6-10(8,14)9-7-11-13(2)12-9/h7-8,14H,3-6H2,1-2H3. The minimum Gasteiger partial charge on any atom is -0.383 e. The topological polar surface area (TPSA) is 50.9 Å². The summed E-state index contributed by atoms with van der Waals surface area (Å²) in [5, 5.41) is 18.8. The van der Waals surface area contributed by atoms with Crippen molar-refractivity contribution >= 4 is 0 Å². The minimum atomic E-state index is -0.719. The lowest BCUT2D eigenvalue weighted by Crippen LogP contribution is -2.30. The molecule has 2 atom stereocenters. The zero-order valence-electron chi connectivity index (χ0n) is 8.77. The normalized spacial score (nSPS) is 32.4. The number of rotatable bonds is 2. The van der Waals surface area contributed by atoms with Crippen LogP contribution in [0.2, 0.25) is 0 Å². The van der Waals surface area contributed by atoms with Crippen molar-refractivity contribution in [3.05, 3.63) is 11.9 Å². The molecule has 0 saturated heterocycles. The average Bonchev–Trinajstić information content (AvgIpc) is 2.72. The summed E-state index contributed by atoms with van der Waals surface area (Å²) >= 11 is 0. The first-order chi connectivity index (χ1) is 6.66. The Morgan fingerprint density at radius 1 is 1.71 bits per heavy atom. The van der Waals surface area contributed by atoms with Gasteiger partial charge in [0.2, 0.25) is 0 Å². The third-order valence-corrected chi connectivity index (χ3v) is 3.32. The molecular weight excluding hydrogens is 178 g/mol. The lowest BCUT2D eigenvalue weighted by Gasteiger charge is -2.26. The summed E-state index contributed by atoms with van der Waals surface area (Å²) in [4.78, 5) is 1.51. The molecule has 0 aromatic carbocycles. The Bertz CT molecular complexity index is 323. The molecule has 1 fully saturated rings. The summed E-state index contributed by atoms with van der Waals surface area (Å²) in [6.45, 7) is 2.12. The van der Waals surface area contributed by atoms with Crippen molar-refractivity contribution in [2.45, 2.75) is 38.2 Å². The molecule has 0 radical (unpaired) electrons. The van der Waals surface area contributed by atoms with Crippen molar-refractivity contribution in [1.29, 1.82) is 0 Å². The van der Waals surface area contributed by atoms with Gasteiger partial charge in [-0.1, -0.05) is 13.3 Å². The molecule has 2 unspecified atom stereocenters. The van der Waals surface area contributed by atoms with E-state index >= 15 is 0 Å². The largest absolute Gasteiger partial charge is 0.383 e. The fourth-order valence-corrected chi connectivity index (χ4v) is 2.48. The molecule has 4 heteroatoms. The van der Waals surface area contributed by atoms with Gasteiger partial charge in [-0.2, -0.15) is 15.0 Å². The maximum Gasteiger partial charge on any atom is 0.114 e. The van der Waals surface area contributed by atoms with Gasteiger partial charge in [0.15, 0.2) is 0 Å². The lowest BCUT2D eigenvalue weighted by molar-refractivity contribution is -0.00840. The summed E-state index contributed by atoms with van der Waals surface area (Å²) in [7, 11) is 1.78. The average molecular weight is 195 g/mol. The Hall–Kier alpha value is -0.900. The van der Waals surface area contributed by atoms with Gasteiger partial charge in [-0.05, 0) is 25.2 Å². The molecule has 1 aliphatic rings. The van der Waals surface area contributed by atoms with Crippen molar-refractivity contribution in [1.82, 2.24) is 15.0 Å². The van der Waals surface area contributed by atoms with E-state index in [0.29, 0.717) is 5.92 Å². The van der Waals surface area contributed by atoms with Gasteiger partial charge in [0.1, 0.15) is 11.3 Å². The second-order valence-electron chi connectivity index (χ2n) is 4.14. The zero-order valence-corrected chi connectivity index (χ0v) is 8.77. The quantitative estimate of drug-likeness (QED) is 0.771. The van der Waals surface area contributed by atoms with Crippen LogP contribution in [0.4, 0.5) is 0 Å². The second-order valence-corrected chi connectivity index (χ2v) is 4.14. The number of aryl methyl sites for hydroxylation is 1. The molecule has 0 amide bonds. The van der Waals surface area contributed by atoms with E-state index in [2.05, 4.69) is 17.1 Å². The molecule has 1 saturated carbocycles. The van der Waals surface area contributed by atoms with Crippen LogP contribution in [0.25, 0.3) is 0 Å². The Balaban J connectivity index is 2.31. The number of hydrogen-bond acceptors (Lipinski definition) is 3. The lowest BCUT2D eigenvalue weighted by atomic mass is 9.86. The van der Waals surface area contributed by atoms with Gasteiger partial charge in [0.25, 0.3) is 0 Å². The first kappa shape index (κ1) is 9.65. The summed E-state index contributed by atoms with van der Waals surface area (Å²) in [5.74, 6) is 0.346. The highest BCUT2D eigenvalue weighted by Gasteiger charge is 2.43. The molecule has 4 nitrogen and oxygen atoms in total. The van der Waals surface area contributed by atoms with Gasteiger partial charge in [-0.25, -0.2) is 0 Å². The zero-order chi connectivity index (χ0) is 10.2. The SMILES string of the molecule is CCC1CCCC1(O)c1cnn(C)n1. The minimum absolute atomic E-state index is 0.346. The van der Waals surface area contributed by atoms with E-state index in [-0.39, 0.29) is 0 Å². The summed E-state index contributed by atoms with van der Waals surface area (Å²) < 4.78 is 0. The van der Waals surface area contributed by atoms with Crippen LogP contribution in [-0.2, 0) is 12.6 Å². The Kier molecular flexibility index (Phi) is 2.31. The molecule has 78 valence electrons. The smallest absolute Gasteiger partial charge is 0.114 e. The van der Waals surface area contributed by atoms with Crippen molar-refractivity contribution in [3.63, 3.8) is 0 Å². The van der Waals surface area contributed by atoms with Crippen LogP contribution < -0.4 is 0 Å². The first-order valence-corrected chi connectivity index (χ1v) is 5.26. The third kappa shape index (κ3) is 1.34. The molecule has 0 bridgehead atoms. The first-order valence-electron chi connectivity index (χ1n) is 5.26. The van der Waals surface area contributed by atoms with Crippen LogP contribution in [0.5, 0.6) is 0 Å². The maximum absolute atomic E-state index is 10.5. The van der Waals surface area contributed by atoms with Crippen LogP contribution in [0.3, 0.4) is 0 Å². The van der Waals surface area contributed by atoms with Crippen molar-refractivity contribution < 1.29 is 5.11 Å². The van der Waals surface area contributed by atoms with E-state index in [1.165, 1.54) is 4.80 Å². The number of aromatic nitrogens is 3. The highest BCUT2D eigenvalue weighted by molar-refractivity contribution is 5.11. The predicted octanol–water partition coefficient (Wildman–Crippen LogP) is 1.21. The predicted molar refractivity (Wildman–Crippen MR) is 52.5 cm³/mol. The monoisotopic (exact) mass is 195 g/mol. The molecule has 1 aromatic rings. The van der Waals surface area contributed by atoms with Crippen molar-refractivity contribution in [3.8, 4) is 0 Å². The molecule has 14 heavy (non-hydrogen) atoms. The third-order valence-electron chi connectivity index (χ3n) is 3.32. The van der Waals surface area contributed by atoms with Gasteiger partial charge in [0.05, 0.1) is 6.20 Å². The van der Waals surface area contributed by atoms with Gasteiger partial charge in [0, 0.05) is 7.05 Å². The Morgan fingerprint density at radius 2 is 2.50 bits per heavy atom. The Labute approximate surface area is 83.9 Å². The molecule has 1 N–H and O–H groups in total. The highest BCUT2D eigenvalue weighted by Crippen LogP contribution is 2.44. The molecule has 1 heterocycles. The molecular formula is C10H17N3O. The number of hydrogen-bond donors (Lipinski definition) is 1. The van der Waals surface area contributed by atoms with Gasteiger partial charge < -0.3 is 5.11 Å². The molecule has 0 aliphatic heterocycles. The van der Waals surface area contributed by atoms with Crippen molar-refractivity contribution in [2.24, 2.45) is 13.0 Å². The maximum atomic E-state index is 10.5. The molecule has 1 aliphatic carbocycles. The summed E-state index contributed by atoms with van der Waals surface area (Å²) in [6, 6.07) is 0. The van der Waals surface area contributed by atoms with E-state index in [0.717, 1.165) is 31.4 Å². The number of aliphatic hydroxyl groups is 1. The highest BCUT2D eigenvalue weighted by atomic mass is 16.3. The molecule has 0 spiro atoms. The van der Waals surface area contributed by atoms with Gasteiger partial charge >= 0.3 is 0 Å². The molecule has 2 rings (SSSR count). The Morgan fingerprint density at radius 3 is 3.07 bits per heavy atom. The van der Waals surface area contributed by atoms with Gasteiger partial charge in [-0.3, -0.25) is 0 Å².